The molecule has 2 aromatic heterocycles. The van der Waals surface area contributed by atoms with Gasteiger partial charge in [0.05, 0.1) is 22.2 Å². The molecule has 108 valence electrons. The smallest absolute Gasteiger partial charge is 0.267 e. The number of aryl methyl sites for hydroxylation is 2. The third-order valence-corrected chi connectivity index (χ3v) is 3.87. The molecule has 6 nitrogen and oxygen atoms in total. The standard InChI is InChI=1S/C16H12N4O2/c1-8-4-3-5-10(6-8)20-15(21)11-7-17-14-12(9(2)18-19-14)13(11)16(20)22/h3-7H,1-2H3,(H,17,18,19). The number of fused-ring (bicyclic) bond motifs is 3. The van der Waals surface area contributed by atoms with E-state index in [1.54, 1.807) is 6.07 Å². The second-order valence-electron chi connectivity index (χ2n) is 5.38. The van der Waals surface area contributed by atoms with Gasteiger partial charge in [-0.05, 0) is 31.5 Å². The van der Waals surface area contributed by atoms with Crippen LogP contribution in [0, 0.1) is 13.8 Å². The second-order valence-corrected chi connectivity index (χ2v) is 5.38. The fourth-order valence-corrected chi connectivity index (χ4v) is 2.84. The molecule has 0 bridgehead atoms. The molecule has 4 rings (SSSR count). The third-order valence-electron chi connectivity index (χ3n) is 3.87. The molecule has 3 aromatic rings. The van der Waals surface area contributed by atoms with Gasteiger partial charge < -0.3 is 0 Å². The van der Waals surface area contributed by atoms with Gasteiger partial charge in [-0.2, -0.15) is 5.10 Å². The van der Waals surface area contributed by atoms with Crippen molar-refractivity contribution in [1.82, 2.24) is 15.2 Å². The average molecular weight is 292 g/mol. The first-order valence-corrected chi connectivity index (χ1v) is 6.87. The predicted molar refractivity (Wildman–Crippen MR) is 80.9 cm³/mol. The summed E-state index contributed by atoms with van der Waals surface area (Å²) in [6, 6.07) is 7.31. The molecular weight excluding hydrogens is 280 g/mol. The van der Waals surface area contributed by atoms with Crippen LogP contribution >= 0.6 is 0 Å². The van der Waals surface area contributed by atoms with Gasteiger partial charge in [0.1, 0.15) is 0 Å². The van der Waals surface area contributed by atoms with Crippen molar-refractivity contribution in [2.24, 2.45) is 0 Å². The molecule has 0 fully saturated rings. The van der Waals surface area contributed by atoms with E-state index in [9.17, 15) is 9.59 Å². The SMILES string of the molecule is Cc1cccc(N2C(=O)c3cnc4n[nH]c(C)c4c3C2=O)c1. The fraction of sp³-hybridized carbons (Fsp3) is 0.125. The Labute approximate surface area is 125 Å². The number of anilines is 1. The molecule has 0 atom stereocenters. The van der Waals surface area contributed by atoms with Crippen LogP contribution in [0.1, 0.15) is 32.0 Å². The molecule has 1 N–H and O–H groups in total. The number of rotatable bonds is 1. The van der Waals surface area contributed by atoms with Crippen molar-refractivity contribution in [1.29, 1.82) is 0 Å². The van der Waals surface area contributed by atoms with E-state index in [0.717, 1.165) is 11.3 Å². The minimum atomic E-state index is -0.347. The van der Waals surface area contributed by atoms with E-state index in [2.05, 4.69) is 15.2 Å². The van der Waals surface area contributed by atoms with Crippen molar-refractivity contribution in [2.75, 3.05) is 4.90 Å². The fourth-order valence-electron chi connectivity index (χ4n) is 2.84. The van der Waals surface area contributed by atoms with E-state index in [-0.39, 0.29) is 11.8 Å². The predicted octanol–water partition coefficient (Wildman–Crippen LogP) is 2.38. The summed E-state index contributed by atoms with van der Waals surface area (Å²) in [4.78, 5) is 30.8. The molecule has 0 aliphatic carbocycles. The largest absolute Gasteiger partial charge is 0.280 e. The minimum Gasteiger partial charge on any atom is -0.280 e. The van der Waals surface area contributed by atoms with Gasteiger partial charge >= 0.3 is 0 Å². The Kier molecular flexibility index (Phi) is 2.45. The number of imide groups is 1. The second kappa shape index (κ2) is 4.24. The summed E-state index contributed by atoms with van der Waals surface area (Å²) in [5.74, 6) is -0.678. The zero-order chi connectivity index (χ0) is 15.4. The number of nitrogens with zero attached hydrogens (tertiary/aromatic N) is 3. The molecular formula is C16H12N4O2. The zero-order valence-corrected chi connectivity index (χ0v) is 12.0. The molecule has 1 aliphatic heterocycles. The summed E-state index contributed by atoms with van der Waals surface area (Å²) >= 11 is 0. The van der Waals surface area contributed by atoms with E-state index < -0.39 is 0 Å². The zero-order valence-electron chi connectivity index (χ0n) is 12.0. The van der Waals surface area contributed by atoms with Gasteiger partial charge in [-0.15, -0.1) is 0 Å². The lowest BCUT2D eigenvalue weighted by molar-refractivity contribution is 0.0926. The third kappa shape index (κ3) is 1.54. The number of carbonyl (C=O) groups is 2. The Bertz CT molecular complexity index is 958. The van der Waals surface area contributed by atoms with Crippen molar-refractivity contribution >= 4 is 28.5 Å². The number of aromatic nitrogens is 3. The topological polar surface area (TPSA) is 79.0 Å². The number of hydrogen-bond donors (Lipinski definition) is 1. The molecule has 1 aliphatic rings. The van der Waals surface area contributed by atoms with Crippen molar-refractivity contribution in [3.63, 3.8) is 0 Å². The summed E-state index contributed by atoms with van der Waals surface area (Å²) in [5.41, 5.74) is 3.43. The van der Waals surface area contributed by atoms with Gasteiger partial charge in [0, 0.05) is 11.9 Å². The van der Waals surface area contributed by atoms with Crippen molar-refractivity contribution < 1.29 is 9.59 Å². The van der Waals surface area contributed by atoms with Gasteiger partial charge in [-0.25, -0.2) is 9.88 Å². The molecule has 6 heteroatoms. The number of nitrogens with one attached hydrogen (secondary N) is 1. The highest BCUT2D eigenvalue weighted by atomic mass is 16.2. The van der Waals surface area contributed by atoms with E-state index >= 15 is 0 Å². The summed E-state index contributed by atoms with van der Waals surface area (Å²) in [7, 11) is 0. The monoisotopic (exact) mass is 292 g/mol. The van der Waals surface area contributed by atoms with Crippen LogP contribution in [0.2, 0.25) is 0 Å². The number of hydrogen-bond acceptors (Lipinski definition) is 4. The number of amides is 2. The quantitative estimate of drug-likeness (QED) is 0.698. The minimum absolute atomic E-state index is 0.323. The van der Waals surface area contributed by atoms with E-state index in [4.69, 9.17) is 0 Å². The first-order chi connectivity index (χ1) is 10.6. The van der Waals surface area contributed by atoms with Crippen LogP contribution in [0.4, 0.5) is 5.69 Å². The molecule has 0 radical (unpaired) electrons. The lowest BCUT2D eigenvalue weighted by Gasteiger charge is -2.14. The van der Waals surface area contributed by atoms with Crippen molar-refractivity contribution in [2.45, 2.75) is 13.8 Å². The van der Waals surface area contributed by atoms with E-state index in [1.807, 2.05) is 32.0 Å². The number of pyridine rings is 1. The Hall–Kier alpha value is -3.02. The maximum atomic E-state index is 12.8. The van der Waals surface area contributed by atoms with E-state index in [1.165, 1.54) is 11.1 Å². The first kappa shape index (κ1) is 12.7. The average Bonchev–Trinajstić information content (AvgIpc) is 2.98. The summed E-state index contributed by atoms with van der Waals surface area (Å²) in [6.07, 6.45) is 1.42. The van der Waals surface area contributed by atoms with Crippen LogP contribution in [0.15, 0.2) is 30.5 Å². The Morgan fingerprint density at radius 2 is 1.95 bits per heavy atom. The van der Waals surface area contributed by atoms with Gasteiger partial charge in [0.2, 0.25) is 0 Å². The Morgan fingerprint density at radius 3 is 2.73 bits per heavy atom. The highest BCUT2D eigenvalue weighted by Gasteiger charge is 2.39. The van der Waals surface area contributed by atoms with Gasteiger partial charge in [-0.3, -0.25) is 14.7 Å². The Morgan fingerprint density at radius 1 is 1.14 bits per heavy atom. The van der Waals surface area contributed by atoms with Gasteiger partial charge in [-0.1, -0.05) is 12.1 Å². The molecule has 3 heterocycles. The Balaban J connectivity index is 1.97. The molecule has 0 saturated heterocycles. The number of aromatic amines is 1. The molecule has 1 aromatic carbocycles. The summed E-state index contributed by atoms with van der Waals surface area (Å²) in [5, 5.41) is 7.48. The van der Waals surface area contributed by atoms with Crippen LogP contribution in [-0.2, 0) is 0 Å². The molecule has 0 saturated carbocycles. The van der Waals surface area contributed by atoms with Crippen LogP contribution in [0.3, 0.4) is 0 Å². The summed E-state index contributed by atoms with van der Waals surface area (Å²) < 4.78 is 0. The lowest BCUT2D eigenvalue weighted by Crippen LogP contribution is -2.29. The maximum absolute atomic E-state index is 12.8. The molecule has 2 amide bonds. The maximum Gasteiger partial charge on any atom is 0.267 e. The normalized spacial score (nSPS) is 14.0. The molecule has 0 unspecified atom stereocenters. The van der Waals surface area contributed by atoms with Crippen LogP contribution in [0.25, 0.3) is 11.0 Å². The number of carbonyl (C=O) groups excluding carboxylic acids is 2. The molecule has 22 heavy (non-hydrogen) atoms. The highest BCUT2D eigenvalue weighted by Crippen LogP contribution is 2.33. The molecule has 0 spiro atoms. The van der Waals surface area contributed by atoms with Crippen molar-refractivity contribution in [3.8, 4) is 0 Å². The first-order valence-electron chi connectivity index (χ1n) is 6.87. The van der Waals surface area contributed by atoms with Crippen LogP contribution in [0.5, 0.6) is 0 Å². The number of H-pyrrole nitrogens is 1. The van der Waals surface area contributed by atoms with Crippen LogP contribution < -0.4 is 4.90 Å². The number of benzene rings is 1. The van der Waals surface area contributed by atoms with Gasteiger partial charge in [0.15, 0.2) is 5.65 Å². The van der Waals surface area contributed by atoms with E-state index in [0.29, 0.717) is 27.8 Å². The lowest BCUT2D eigenvalue weighted by atomic mass is 10.1. The van der Waals surface area contributed by atoms with Crippen LogP contribution in [-0.4, -0.2) is 27.0 Å². The highest BCUT2D eigenvalue weighted by molar-refractivity contribution is 6.37. The van der Waals surface area contributed by atoms with Gasteiger partial charge in [0.25, 0.3) is 11.8 Å². The summed E-state index contributed by atoms with van der Waals surface area (Å²) in [6.45, 7) is 3.73. The van der Waals surface area contributed by atoms with Crippen molar-refractivity contribution in [3.05, 3.63) is 52.8 Å².